The number of fused-ring (bicyclic) bond motifs is 1. The average molecular weight is 134 g/mol. The second-order valence-corrected chi connectivity index (χ2v) is 3.55. The Morgan fingerprint density at radius 3 is 2.50 bits per heavy atom. The molecule has 3 atom stereocenters. The van der Waals surface area contributed by atoms with Gasteiger partial charge in [0.15, 0.2) is 0 Å². The normalized spacial score (nSPS) is 43.9. The molecular weight excluding hydrogens is 120 g/mol. The van der Waals surface area contributed by atoms with Crippen molar-refractivity contribution in [1.29, 1.82) is 0 Å². The van der Waals surface area contributed by atoms with Crippen LogP contribution in [0.5, 0.6) is 0 Å². The lowest BCUT2D eigenvalue weighted by Gasteiger charge is -2.26. The number of allylic oxidation sites excluding steroid dienone is 4. The van der Waals surface area contributed by atoms with Crippen molar-refractivity contribution in [3.63, 3.8) is 0 Å². The van der Waals surface area contributed by atoms with Gasteiger partial charge >= 0.3 is 0 Å². The van der Waals surface area contributed by atoms with Crippen LogP contribution in [0.3, 0.4) is 0 Å². The standard InChI is InChI=1S/C10H14/c1-8-4-2-5-9-6-3-7-10(8)9/h2-3,5-6,8-10H,4,7H2,1H3. The van der Waals surface area contributed by atoms with Crippen LogP contribution < -0.4 is 0 Å². The number of hydrogen-bond acceptors (Lipinski definition) is 0. The van der Waals surface area contributed by atoms with Gasteiger partial charge in [0.05, 0.1) is 0 Å². The van der Waals surface area contributed by atoms with Crippen LogP contribution in [0.15, 0.2) is 24.3 Å². The molecule has 10 heavy (non-hydrogen) atoms. The molecule has 54 valence electrons. The molecule has 0 saturated heterocycles. The molecular formula is C10H14. The molecule has 3 unspecified atom stereocenters. The molecule has 0 aromatic carbocycles. The SMILES string of the molecule is CC1CC=CC2C=CCC21. The Kier molecular flexibility index (Phi) is 1.40. The maximum Gasteiger partial charge on any atom is -0.00196 e. The molecule has 0 aromatic rings. The lowest BCUT2D eigenvalue weighted by atomic mass is 9.79. The van der Waals surface area contributed by atoms with Crippen LogP contribution in [0.2, 0.25) is 0 Å². The van der Waals surface area contributed by atoms with Gasteiger partial charge < -0.3 is 0 Å². The molecule has 0 radical (unpaired) electrons. The van der Waals surface area contributed by atoms with E-state index in [-0.39, 0.29) is 0 Å². The maximum atomic E-state index is 2.37. The predicted molar refractivity (Wildman–Crippen MR) is 43.7 cm³/mol. The van der Waals surface area contributed by atoms with Crippen molar-refractivity contribution in [3.8, 4) is 0 Å². The van der Waals surface area contributed by atoms with Crippen molar-refractivity contribution >= 4 is 0 Å². The van der Waals surface area contributed by atoms with E-state index in [4.69, 9.17) is 0 Å². The summed E-state index contributed by atoms with van der Waals surface area (Å²) < 4.78 is 0. The number of hydrogen-bond donors (Lipinski definition) is 0. The van der Waals surface area contributed by atoms with Crippen LogP contribution in [0.4, 0.5) is 0 Å². The lowest BCUT2D eigenvalue weighted by Crippen LogP contribution is -2.18. The maximum absolute atomic E-state index is 2.37. The highest BCUT2D eigenvalue weighted by molar-refractivity contribution is 5.14. The van der Waals surface area contributed by atoms with Gasteiger partial charge in [-0.3, -0.25) is 0 Å². The summed E-state index contributed by atoms with van der Waals surface area (Å²) in [6.45, 7) is 2.37. The summed E-state index contributed by atoms with van der Waals surface area (Å²) in [4.78, 5) is 0. The minimum absolute atomic E-state index is 0.781. The molecule has 0 bridgehead atoms. The molecule has 0 nitrogen and oxygen atoms in total. The molecule has 0 heteroatoms. The Morgan fingerprint density at radius 2 is 1.80 bits per heavy atom. The van der Waals surface area contributed by atoms with Crippen LogP contribution >= 0.6 is 0 Å². The first-order valence-corrected chi connectivity index (χ1v) is 4.21. The van der Waals surface area contributed by atoms with E-state index in [9.17, 15) is 0 Å². The summed E-state index contributed by atoms with van der Waals surface area (Å²) in [6.07, 6.45) is 12.0. The summed E-state index contributed by atoms with van der Waals surface area (Å²) in [7, 11) is 0. The first kappa shape index (κ1) is 6.21. The van der Waals surface area contributed by atoms with Gasteiger partial charge in [-0.2, -0.15) is 0 Å². The van der Waals surface area contributed by atoms with Gasteiger partial charge in [-0.15, -0.1) is 0 Å². The van der Waals surface area contributed by atoms with Gasteiger partial charge in [0.1, 0.15) is 0 Å². The molecule has 0 spiro atoms. The summed E-state index contributed by atoms with van der Waals surface area (Å²) in [5.41, 5.74) is 0. The molecule has 0 N–H and O–H groups in total. The third-order valence-electron chi connectivity index (χ3n) is 2.86. The average Bonchev–Trinajstić information content (AvgIpc) is 2.36. The first-order chi connectivity index (χ1) is 4.88. The Labute approximate surface area is 62.6 Å². The second kappa shape index (κ2) is 2.26. The zero-order chi connectivity index (χ0) is 6.97. The van der Waals surface area contributed by atoms with Crippen LogP contribution in [0, 0.1) is 17.8 Å². The zero-order valence-corrected chi connectivity index (χ0v) is 6.46. The highest BCUT2D eigenvalue weighted by Gasteiger charge is 2.27. The molecule has 0 aromatic heterocycles. The third-order valence-corrected chi connectivity index (χ3v) is 2.86. The molecule has 0 aliphatic heterocycles. The summed E-state index contributed by atoms with van der Waals surface area (Å²) in [5.74, 6) is 2.62. The summed E-state index contributed by atoms with van der Waals surface area (Å²) >= 11 is 0. The molecule has 0 fully saturated rings. The van der Waals surface area contributed by atoms with E-state index >= 15 is 0 Å². The van der Waals surface area contributed by atoms with E-state index in [2.05, 4.69) is 31.2 Å². The first-order valence-electron chi connectivity index (χ1n) is 4.21. The van der Waals surface area contributed by atoms with E-state index in [1.807, 2.05) is 0 Å². The van der Waals surface area contributed by atoms with Gasteiger partial charge in [0.25, 0.3) is 0 Å². The van der Waals surface area contributed by atoms with Gasteiger partial charge in [-0.25, -0.2) is 0 Å². The quantitative estimate of drug-likeness (QED) is 0.447. The summed E-state index contributed by atoms with van der Waals surface area (Å²) in [6, 6.07) is 0. The summed E-state index contributed by atoms with van der Waals surface area (Å²) in [5, 5.41) is 0. The number of rotatable bonds is 0. The minimum atomic E-state index is 0.781. The Hall–Kier alpha value is -0.520. The topological polar surface area (TPSA) is 0 Å². The van der Waals surface area contributed by atoms with Gasteiger partial charge in [-0.05, 0) is 30.6 Å². The van der Waals surface area contributed by atoms with Crippen molar-refractivity contribution in [3.05, 3.63) is 24.3 Å². The molecule has 0 amide bonds. The van der Waals surface area contributed by atoms with Gasteiger partial charge in [-0.1, -0.05) is 31.2 Å². The molecule has 0 saturated carbocycles. The third kappa shape index (κ3) is 0.828. The van der Waals surface area contributed by atoms with Crippen molar-refractivity contribution in [2.24, 2.45) is 17.8 Å². The lowest BCUT2D eigenvalue weighted by molar-refractivity contribution is 0.319. The predicted octanol–water partition coefficient (Wildman–Crippen LogP) is 2.77. The van der Waals surface area contributed by atoms with E-state index in [0.717, 1.165) is 17.8 Å². The monoisotopic (exact) mass is 134 g/mol. The fraction of sp³-hybridized carbons (Fsp3) is 0.600. The minimum Gasteiger partial charge on any atom is -0.0877 e. The molecule has 2 rings (SSSR count). The van der Waals surface area contributed by atoms with Gasteiger partial charge in [0, 0.05) is 0 Å². The zero-order valence-electron chi connectivity index (χ0n) is 6.46. The highest BCUT2D eigenvalue weighted by atomic mass is 14.3. The van der Waals surface area contributed by atoms with Crippen LogP contribution in [0.25, 0.3) is 0 Å². The Morgan fingerprint density at radius 1 is 1.10 bits per heavy atom. The van der Waals surface area contributed by atoms with Crippen LogP contribution in [-0.4, -0.2) is 0 Å². The molecule has 2 aliphatic carbocycles. The fourth-order valence-electron chi connectivity index (χ4n) is 2.14. The van der Waals surface area contributed by atoms with E-state index in [1.165, 1.54) is 12.8 Å². The molecule has 0 heterocycles. The fourth-order valence-corrected chi connectivity index (χ4v) is 2.14. The van der Waals surface area contributed by atoms with E-state index < -0.39 is 0 Å². The second-order valence-electron chi connectivity index (χ2n) is 3.55. The smallest absolute Gasteiger partial charge is 0.00196 e. The van der Waals surface area contributed by atoms with Crippen molar-refractivity contribution < 1.29 is 0 Å². The van der Waals surface area contributed by atoms with Crippen LogP contribution in [0.1, 0.15) is 19.8 Å². The highest BCUT2D eigenvalue weighted by Crippen LogP contribution is 2.37. The Balaban J connectivity index is 2.19. The van der Waals surface area contributed by atoms with Crippen molar-refractivity contribution in [2.75, 3.05) is 0 Å². The van der Waals surface area contributed by atoms with Crippen LogP contribution in [-0.2, 0) is 0 Å². The van der Waals surface area contributed by atoms with E-state index in [1.54, 1.807) is 0 Å². The Bertz CT molecular complexity index is 176. The van der Waals surface area contributed by atoms with E-state index in [0.29, 0.717) is 0 Å². The van der Waals surface area contributed by atoms with Crippen molar-refractivity contribution in [1.82, 2.24) is 0 Å². The van der Waals surface area contributed by atoms with Gasteiger partial charge in [0.2, 0.25) is 0 Å². The molecule has 2 aliphatic rings. The van der Waals surface area contributed by atoms with Crippen molar-refractivity contribution in [2.45, 2.75) is 19.8 Å². The largest absolute Gasteiger partial charge is 0.0877 e.